The van der Waals surface area contributed by atoms with Gasteiger partial charge in [-0.3, -0.25) is 0 Å². The molecule has 84 valence electrons. The zero-order chi connectivity index (χ0) is 11.1. The number of nitrogens with one attached hydrogen (secondary N) is 1. The van der Waals surface area contributed by atoms with Gasteiger partial charge in [0.15, 0.2) is 0 Å². The quantitative estimate of drug-likeness (QED) is 0.611. The summed E-state index contributed by atoms with van der Waals surface area (Å²) in [4.78, 5) is 3.94. The summed E-state index contributed by atoms with van der Waals surface area (Å²) in [6.07, 6.45) is 2.89. The smallest absolute Gasteiger partial charge is 0.131 e. The molecule has 4 heteroatoms. The maximum Gasteiger partial charge on any atom is 0.131 e. The molecular weight excluding hydrogens is 228 g/mol. The highest BCUT2D eigenvalue weighted by Crippen LogP contribution is 2.14. The molecule has 2 nitrogen and oxygen atoms in total. The molecular formula is C11H17ClN2S. The van der Waals surface area contributed by atoms with Gasteiger partial charge in [0.05, 0.1) is 0 Å². The number of aromatic nitrogens is 1. The van der Waals surface area contributed by atoms with E-state index in [1.807, 2.05) is 23.9 Å². The lowest BCUT2D eigenvalue weighted by atomic mass is 10.2. The summed E-state index contributed by atoms with van der Waals surface area (Å²) >= 11 is 7.77. The zero-order valence-electron chi connectivity index (χ0n) is 9.16. The van der Waals surface area contributed by atoms with Crippen LogP contribution in [0.1, 0.15) is 20.3 Å². The maximum absolute atomic E-state index is 5.80. The molecule has 1 aromatic rings. The molecule has 1 N–H and O–H groups in total. The number of rotatable bonds is 6. The van der Waals surface area contributed by atoms with E-state index in [1.165, 1.54) is 17.9 Å². The molecule has 0 aliphatic heterocycles. The topological polar surface area (TPSA) is 24.9 Å². The largest absolute Gasteiger partial charge is 0.382 e. The molecule has 0 saturated heterocycles. The van der Waals surface area contributed by atoms with Gasteiger partial charge >= 0.3 is 0 Å². The van der Waals surface area contributed by atoms with Crippen LogP contribution in [0.2, 0.25) is 5.15 Å². The van der Waals surface area contributed by atoms with Gasteiger partial charge in [-0.2, -0.15) is 11.8 Å². The SMILES string of the molecule is CCSCCC(C)Nc1ccnc(Cl)c1. The minimum absolute atomic E-state index is 0.475. The molecule has 0 bridgehead atoms. The standard InChI is InChI=1S/C11H17ClN2S/c1-3-15-7-5-9(2)14-10-4-6-13-11(12)8-10/h4,6,8-9H,3,5,7H2,1-2H3,(H,13,14). The van der Waals surface area contributed by atoms with Crippen LogP contribution >= 0.6 is 23.4 Å². The van der Waals surface area contributed by atoms with Gasteiger partial charge in [0.1, 0.15) is 5.15 Å². The fourth-order valence-corrected chi connectivity index (χ4v) is 2.24. The van der Waals surface area contributed by atoms with Crippen LogP contribution in [0.15, 0.2) is 18.3 Å². The van der Waals surface area contributed by atoms with Crippen LogP contribution in [0.4, 0.5) is 5.69 Å². The van der Waals surface area contributed by atoms with Crippen LogP contribution in [0.5, 0.6) is 0 Å². The van der Waals surface area contributed by atoms with Gasteiger partial charge in [0, 0.05) is 17.9 Å². The van der Waals surface area contributed by atoms with Gasteiger partial charge in [-0.25, -0.2) is 4.98 Å². The fraction of sp³-hybridized carbons (Fsp3) is 0.545. The van der Waals surface area contributed by atoms with Crippen molar-refractivity contribution in [3.8, 4) is 0 Å². The number of hydrogen-bond acceptors (Lipinski definition) is 3. The van der Waals surface area contributed by atoms with Crippen molar-refractivity contribution in [2.24, 2.45) is 0 Å². The molecule has 0 aliphatic rings. The average Bonchev–Trinajstić information content (AvgIpc) is 2.18. The molecule has 1 aromatic heterocycles. The summed E-state index contributed by atoms with van der Waals surface area (Å²) in [5.41, 5.74) is 1.05. The first-order valence-corrected chi connectivity index (χ1v) is 6.71. The lowest BCUT2D eigenvalue weighted by Gasteiger charge is -2.14. The van der Waals surface area contributed by atoms with Crippen molar-refractivity contribution in [2.75, 3.05) is 16.8 Å². The lowest BCUT2D eigenvalue weighted by Crippen LogP contribution is -2.15. The van der Waals surface area contributed by atoms with Crippen molar-refractivity contribution in [2.45, 2.75) is 26.3 Å². The number of hydrogen-bond donors (Lipinski definition) is 1. The number of thioether (sulfide) groups is 1. The Hall–Kier alpha value is -0.410. The summed E-state index contributed by atoms with van der Waals surface area (Å²) in [6.45, 7) is 4.37. The monoisotopic (exact) mass is 244 g/mol. The van der Waals surface area contributed by atoms with E-state index in [1.54, 1.807) is 6.20 Å². The van der Waals surface area contributed by atoms with Crippen LogP contribution in [0.25, 0.3) is 0 Å². The van der Waals surface area contributed by atoms with Gasteiger partial charge in [-0.15, -0.1) is 0 Å². The van der Waals surface area contributed by atoms with Gasteiger partial charge in [0.2, 0.25) is 0 Å². The molecule has 0 amide bonds. The summed E-state index contributed by atoms with van der Waals surface area (Å²) in [6, 6.07) is 4.27. The van der Waals surface area contributed by atoms with Crippen molar-refractivity contribution in [3.63, 3.8) is 0 Å². The second kappa shape index (κ2) is 6.96. The van der Waals surface area contributed by atoms with E-state index >= 15 is 0 Å². The normalized spacial score (nSPS) is 12.5. The highest BCUT2D eigenvalue weighted by Gasteiger charge is 2.02. The summed E-state index contributed by atoms with van der Waals surface area (Å²) in [5.74, 6) is 2.39. The third-order valence-electron chi connectivity index (χ3n) is 2.04. The molecule has 0 aromatic carbocycles. The van der Waals surface area contributed by atoms with Crippen molar-refractivity contribution < 1.29 is 0 Å². The molecule has 1 atom stereocenters. The van der Waals surface area contributed by atoms with Crippen LogP contribution in [0.3, 0.4) is 0 Å². The Balaban J connectivity index is 2.34. The molecule has 0 aliphatic carbocycles. The molecule has 1 rings (SSSR count). The molecule has 1 heterocycles. The number of pyridine rings is 1. The minimum atomic E-state index is 0.475. The second-order valence-corrected chi connectivity index (χ2v) is 5.18. The van der Waals surface area contributed by atoms with Crippen molar-refractivity contribution >= 4 is 29.1 Å². The Morgan fingerprint density at radius 2 is 2.40 bits per heavy atom. The van der Waals surface area contributed by atoms with E-state index in [4.69, 9.17) is 11.6 Å². The van der Waals surface area contributed by atoms with E-state index in [0.717, 1.165) is 5.69 Å². The van der Waals surface area contributed by atoms with Gasteiger partial charge < -0.3 is 5.32 Å². The summed E-state index contributed by atoms with van der Waals surface area (Å²) in [7, 11) is 0. The first-order valence-electron chi connectivity index (χ1n) is 5.18. The lowest BCUT2D eigenvalue weighted by molar-refractivity contribution is 0.771. The highest BCUT2D eigenvalue weighted by molar-refractivity contribution is 7.99. The molecule has 0 spiro atoms. The van der Waals surface area contributed by atoms with E-state index < -0.39 is 0 Å². The Bertz CT molecular complexity index is 294. The fourth-order valence-electron chi connectivity index (χ4n) is 1.25. The van der Waals surface area contributed by atoms with E-state index in [9.17, 15) is 0 Å². The first kappa shape index (κ1) is 12.7. The van der Waals surface area contributed by atoms with Gasteiger partial charge in [-0.1, -0.05) is 18.5 Å². The molecule has 0 saturated carbocycles. The van der Waals surface area contributed by atoms with Gasteiger partial charge in [0.25, 0.3) is 0 Å². The molecule has 1 unspecified atom stereocenters. The van der Waals surface area contributed by atoms with E-state index in [2.05, 4.69) is 24.1 Å². The Labute approximate surface area is 101 Å². The second-order valence-electron chi connectivity index (χ2n) is 3.40. The van der Waals surface area contributed by atoms with Crippen molar-refractivity contribution in [3.05, 3.63) is 23.5 Å². The highest BCUT2D eigenvalue weighted by atomic mass is 35.5. The Morgan fingerprint density at radius 1 is 1.60 bits per heavy atom. The summed E-state index contributed by atoms with van der Waals surface area (Å²) < 4.78 is 0. The van der Waals surface area contributed by atoms with Gasteiger partial charge in [-0.05, 0) is 37.0 Å². The zero-order valence-corrected chi connectivity index (χ0v) is 10.7. The number of nitrogens with zero attached hydrogens (tertiary/aromatic N) is 1. The van der Waals surface area contributed by atoms with Crippen molar-refractivity contribution in [1.29, 1.82) is 0 Å². The third-order valence-corrected chi connectivity index (χ3v) is 3.18. The molecule has 0 fully saturated rings. The molecule has 15 heavy (non-hydrogen) atoms. The maximum atomic E-state index is 5.80. The Kier molecular flexibility index (Phi) is 5.88. The van der Waals surface area contributed by atoms with Crippen LogP contribution in [-0.4, -0.2) is 22.5 Å². The van der Waals surface area contributed by atoms with E-state index in [-0.39, 0.29) is 0 Å². The predicted octanol–water partition coefficient (Wildman–Crippen LogP) is 3.68. The van der Waals surface area contributed by atoms with E-state index in [0.29, 0.717) is 11.2 Å². The average molecular weight is 245 g/mol. The third kappa shape index (κ3) is 5.28. The van der Waals surface area contributed by atoms with Crippen molar-refractivity contribution in [1.82, 2.24) is 4.98 Å². The molecule has 0 radical (unpaired) electrons. The number of halogens is 1. The van der Waals surface area contributed by atoms with Crippen LogP contribution in [-0.2, 0) is 0 Å². The number of anilines is 1. The summed E-state index contributed by atoms with van der Waals surface area (Å²) in [5, 5.41) is 3.94. The van der Waals surface area contributed by atoms with Crippen LogP contribution < -0.4 is 5.32 Å². The Morgan fingerprint density at radius 3 is 3.07 bits per heavy atom. The first-order chi connectivity index (χ1) is 7.22. The minimum Gasteiger partial charge on any atom is -0.382 e. The van der Waals surface area contributed by atoms with Crippen LogP contribution in [0, 0.1) is 0 Å². The predicted molar refractivity (Wildman–Crippen MR) is 69.9 cm³/mol.